The van der Waals surface area contributed by atoms with Crippen LogP contribution in [-0.4, -0.2) is 26.3 Å². The zero-order valence-corrected chi connectivity index (χ0v) is 14.0. The molecule has 0 aliphatic rings. The lowest BCUT2D eigenvalue weighted by atomic mass is 10.0. The fraction of sp³-hybridized carbons (Fsp3) is 0.211. The lowest BCUT2D eigenvalue weighted by Crippen LogP contribution is -1.97. The minimum atomic E-state index is -0.374. The van der Waals surface area contributed by atoms with Gasteiger partial charge < -0.3 is 14.2 Å². The van der Waals surface area contributed by atoms with E-state index in [2.05, 4.69) is 4.98 Å². The van der Waals surface area contributed by atoms with Gasteiger partial charge in [0.05, 0.1) is 38.1 Å². The largest absolute Gasteiger partial charge is 0.496 e. The first-order valence-electron chi connectivity index (χ1n) is 7.45. The van der Waals surface area contributed by atoms with Gasteiger partial charge in [-0.1, -0.05) is 6.07 Å². The van der Waals surface area contributed by atoms with Crippen molar-refractivity contribution in [3.05, 3.63) is 47.8 Å². The Hall–Kier alpha value is -2.82. The molecule has 0 N–H and O–H groups in total. The Bertz CT molecular complexity index is 909. The van der Waals surface area contributed by atoms with Crippen LogP contribution in [0.1, 0.15) is 5.56 Å². The normalized spacial score (nSPS) is 10.7. The number of halogens is 1. The molecule has 0 fully saturated rings. The highest BCUT2D eigenvalue weighted by Crippen LogP contribution is 2.37. The van der Waals surface area contributed by atoms with Crippen LogP contribution in [0, 0.1) is 12.7 Å². The lowest BCUT2D eigenvalue weighted by Gasteiger charge is -2.13. The van der Waals surface area contributed by atoms with Crippen LogP contribution in [0.25, 0.3) is 22.2 Å². The summed E-state index contributed by atoms with van der Waals surface area (Å²) < 4.78 is 30.3. The highest BCUT2D eigenvalue weighted by molar-refractivity contribution is 5.88. The maximum absolute atomic E-state index is 14.4. The summed E-state index contributed by atoms with van der Waals surface area (Å²) in [5.74, 6) is 1.28. The predicted octanol–water partition coefficient (Wildman–Crippen LogP) is 4.38. The second-order valence-electron chi connectivity index (χ2n) is 5.37. The van der Waals surface area contributed by atoms with Crippen LogP contribution in [0.4, 0.5) is 4.39 Å². The summed E-state index contributed by atoms with van der Waals surface area (Å²) in [5.41, 5.74) is 2.52. The van der Waals surface area contributed by atoms with E-state index in [0.29, 0.717) is 34.0 Å². The molecule has 0 radical (unpaired) electrons. The minimum Gasteiger partial charge on any atom is -0.496 e. The van der Waals surface area contributed by atoms with Crippen LogP contribution in [0.5, 0.6) is 17.2 Å². The first-order valence-corrected chi connectivity index (χ1v) is 7.45. The lowest BCUT2D eigenvalue weighted by molar-refractivity contribution is 0.356. The molecule has 0 saturated carbocycles. The van der Waals surface area contributed by atoms with E-state index in [1.807, 2.05) is 19.1 Å². The van der Waals surface area contributed by atoms with Crippen LogP contribution in [0.15, 0.2) is 36.4 Å². The average molecular weight is 327 g/mol. The summed E-state index contributed by atoms with van der Waals surface area (Å²) in [6.45, 7) is 1.95. The standard InChI is InChI=1S/C19H18FNO3/c1-11-8-15(19-13(20)6-5-7-16(19)22-2)21-14-10-18(24-4)17(23-3)9-12(11)14/h5-10H,1-4H3. The molecule has 24 heavy (non-hydrogen) atoms. The molecule has 0 aliphatic carbocycles. The number of rotatable bonds is 4. The van der Waals surface area contributed by atoms with Gasteiger partial charge in [-0.25, -0.2) is 9.37 Å². The van der Waals surface area contributed by atoms with Gasteiger partial charge in [-0.05, 0) is 36.8 Å². The Morgan fingerprint density at radius 1 is 0.875 bits per heavy atom. The topological polar surface area (TPSA) is 40.6 Å². The number of hydrogen-bond acceptors (Lipinski definition) is 4. The summed E-state index contributed by atoms with van der Waals surface area (Å²) in [6.07, 6.45) is 0. The highest BCUT2D eigenvalue weighted by Gasteiger charge is 2.16. The summed E-state index contributed by atoms with van der Waals surface area (Å²) in [6, 6.07) is 10.2. The number of nitrogens with zero attached hydrogens (tertiary/aromatic N) is 1. The molecule has 1 aromatic heterocycles. The minimum absolute atomic E-state index is 0.347. The molecule has 0 spiro atoms. The Kier molecular flexibility index (Phi) is 4.25. The zero-order valence-electron chi connectivity index (χ0n) is 14.0. The maximum atomic E-state index is 14.4. The Balaban J connectivity index is 2.29. The number of ether oxygens (including phenoxy) is 3. The fourth-order valence-corrected chi connectivity index (χ4v) is 2.77. The summed E-state index contributed by atoms with van der Waals surface area (Å²) in [4.78, 5) is 4.60. The van der Waals surface area contributed by atoms with Crippen molar-refractivity contribution in [1.29, 1.82) is 0 Å². The molecule has 5 heteroatoms. The predicted molar refractivity (Wildman–Crippen MR) is 91.5 cm³/mol. The van der Waals surface area contributed by atoms with Crippen molar-refractivity contribution in [1.82, 2.24) is 4.98 Å². The monoisotopic (exact) mass is 327 g/mol. The molecule has 3 aromatic rings. The van der Waals surface area contributed by atoms with Crippen molar-refractivity contribution in [3.8, 4) is 28.5 Å². The molecular weight excluding hydrogens is 309 g/mol. The second-order valence-corrected chi connectivity index (χ2v) is 5.37. The van der Waals surface area contributed by atoms with E-state index in [1.165, 1.54) is 13.2 Å². The smallest absolute Gasteiger partial charge is 0.162 e. The van der Waals surface area contributed by atoms with Gasteiger partial charge in [-0.15, -0.1) is 0 Å². The summed E-state index contributed by atoms with van der Waals surface area (Å²) >= 11 is 0. The van der Waals surface area contributed by atoms with E-state index in [4.69, 9.17) is 14.2 Å². The van der Waals surface area contributed by atoms with Crippen molar-refractivity contribution in [2.45, 2.75) is 6.92 Å². The molecule has 0 unspecified atom stereocenters. The van der Waals surface area contributed by atoms with Crippen molar-refractivity contribution in [2.24, 2.45) is 0 Å². The molecule has 3 rings (SSSR count). The molecule has 0 amide bonds. The van der Waals surface area contributed by atoms with Gasteiger partial charge in [0.1, 0.15) is 11.6 Å². The molecule has 0 bridgehead atoms. The molecular formula is C19H18FNO3. The van der Waals surface area contributed by atoms with E-state index in [1.54, 1.807) is 32.4 Å². The molecule has 0 atom stereocenters. The van der Waals surface area contributed by atoms with Crippen LogP contribution < -0.4 is 14.2 Å². The Labute approximate surface area is 139 Å². The first kappa shape index (κ1) is 16.1. The third-order valence-electron chi connectivity index (χ3n) is 3.97. The number of pyridine rings is 1. The van der Waals surface area contributed by atoms with Gasteiger partial charge in [0.2, 0.25) is 0 Å². The molecule has 2 aromatic carbocycles. The van der Waals surface area contributed by atoms with Gasteiger partial charge in [-0.3, -0.25) is 0 Å². The van der Waals surface area contributed by atoms with E-state index >= 15 is 0 Å². The number of hydrogen-bond donors (Lipinski definition) is 0. The van der Waals surface area contributed by atoms with Gasteiger partial charge in [0, 0.05) is 11.5 Å². The maximum Gasteiger partial charge on any atom is 0.162 e. The summed E-state index contributed by atoms with van der Waals surface area (Å²) in [7, 11) is 4.67. The van der Waals surface area contributed by atoms with Gasteiger partial charge in [0.25, 0.3) is 0 Å². The molecule has 0 aliphatic heterocycles. The van der Waals surface area contributed by atoms with Crippen LogP contribution in [0.2, 0.25) is 0 Å². The van der Waals surface area contributed by atoms with E-state index in [-0.39, 0.29) is 5.82 Å². The third kappa shape index (κ3) is 2.62. The van der Waals surface area contributed by atoms with Crippen LogP contribution in [0.3, 0.4) is 0 Å². The van der Waals surface area contributed by atoms with E-state index in [9.17, 15) is 4.39 Å². The van der Waals surface area contributed by atoms with Gasteiger partial charge in [-0.2, -0.15) is 0 Å². The Morgan fingerprint density at radius 3 is 2.21 bits per heavy atom. The van der Waals surface area contributed by atoms with Gasteiger partial charge in [0.15, 0.2) is 11.5 Å². The zero-order chi connectivity index (χ0) is 17.3. The van der Waals surface area contributed by atoms with Crippen molar-refractivity contribution < 1.29 is 18.6 Å². The van der Waals surface area contributed by atoms with Crippen LogP contribution in [-0.2, 0) is 0 Å². The number of methoxy groups -OCH3 is 3. The van der Waals surface area contributed by atoms with Crippen molar-refractivity contribution in [2.75, 3.05) is 21.3 Å². The fourth-order valence-electron chi connectivity index (χ4n) is 2.77. The SMILES string of the molecule is COc1cc2nc(-c3c(F)cccc3OC)cc(C)c2cc1OC. The van der Waals surface area contributed by atoms with E-state index < -0.39 is 0 Å². The van der Waals surface area contributed by atoms with Gasteiger partial charge >= 0.3 is 0 Å². The van der Waals surface area contributed by atoms with Crippen molar-refractivity contribution in [3.63, 3.8) is 0 Å². The average Bonchev–Trinajstić information content (AvgIpc) is 2.60. The van der Waals surface area contributed by atoms with Crippen LogP contribution >= 0.6 is 0 Å². The Morgan fingerprint density at radius 2 is 1.54 bits per heavy atom. The highest BCUT2D eigenvalue weighted by atomic mass is 19.1. The number of benzene rings is 2. The molecule has 4 nitrogen and oxygen atoms in total. The number of fused-ring (bicyclic) bond motifs is 1. The molecule has 1 heterocycles. The second kappa shape index (κ2) is 6.35. The quantitative estimate of drug-likeness (QED) is 0.713. The molecule has 124 valence electrons. The third-order valence-corrected chi connectivity index (χ3v) is 3.97. The number of aromatic nitrogens is 1. The summed E-state index contributed by atoms with van der Waals surface area (Å²) in [5, 5.41) is 0.923. The van der Waals surface area contributed by atoms with E-state index in [0.717, 1.165) is 10.9 Å². The molecule has 0 saturated heterocycles. The first-order chi connectivity index (χ1) is 11.6. The van der Waals surface area contributed by atoms with Crippen molar-refractivity contribution >= 4 is 10.9 Å². The number of aryl methyl sites for hydroxylation is 1.